The molecule has 2 saturated heterocycles. The summed E-state index contributed by atoms with van der Waals surface area (Å²) in [5.41, 5.74) is 0. The second-order valence-corrected chi connectivity index (χ2v) is 3.15. The summed E-state index contributed by atoms with van der Waals surface area (Å²) in [5.74, 6) is 0. The molecule has 68 valence electrons. The predicted octanol–water partition coefficient (Wildman–Crippen LogP) is 0.616. The average molecular weight is 171 g/mol. The molecule has 12 heavy (non-hydrogen) atoms. The highest BCUT2D eigenvalue weighted by Gasteiger charge is 2.44. The molecule has 0 aliphatic carbocycles. The Labute approximate surface area is 71.4 Å². The van der Waals surface area contributed by atoms with Gasteiger partial charge in [-0.2, -0.15) is 0 Å². The van der Waals surface area contributed by atoms with Gasteiger partial charge in [0.2, 0.25) is 0 Å². The molecule has 2 aliphatic heterocycles. The fourth-order valence-electron chi connectivity index (χ4n) is 1.57. The molecule has 0 bridgehead atoms. The van der Waals surface area contributed by atoms with Crippen molar-refractivity contribution in [2.24, 2.45) is 0 Å². The van der Waals surface area contributed by atoms with Gasteiger partial charge in [0.15, 0.2) is 0 Å². The van der Waals surface area contributed by atoms with E-state index in [0.717, 1.165) is 13.0 Å². The first-order valence-electron chi connectivity index (χ1n) is 4.38. The van der Waals surface area contributed by atoms with Gasteiger partial charge in [-0.05, 0) is 13.3 Å². The minimum atomic E-state index is -0.202. The highest BCUT2D eigenvalue weighted by atomic mass is 16.6. The van der Waals surface area contributed by atoms with Gasteiger partial charge in [-0.15, -0.1) is 0 Å². The van der Waals surface area contributed by atoms with Crippen molar-refractivity contribution in [1.82, 2.24) is 4.90 Å². The van der Waals surface area contributed by atoms with E-state index in [-0.39, 0.29) is 6.09 Å². The molecule has 4 heteroatoms. The minimum Gasteiger partial charge on any atom is -0.450 e. The van der Waals surface area contributed by atoms with Crippen LogP contribution in [0.3, 0.4) is 0 Å². The van der Waals surface area contributed by atoms with E-state index >= 15 is 0 Å². The first-order chi connectivity index (χ1) is 5.81. The van der Waals surface area contributed by atoms with Gasteiger partial charge >= 0.3 is 6.09 Å². The summed E-state index contributed by atoms with van der Waals surface area (Å²) in [6.45, 7) is 3.76. The molecule has 0 N–H and O–H groups in total. The van der Waals surface area contributed by atoms with Gasteiger partial charge < -0.3 is 14.4 Å². The maximum Gasteiger partial charge on any atom is 0.409 e. The van der Waals surface area contributed by atoms with Crippen molar-refractivity contribution in [3.63, 3.8) is 0 Å². The number of epoxide rings is 1. The maximum absolute atomic E-state index is 11.2. The van der Waals surface area contributed by atoms with Gasteiger partial charge in [0.25, 0.3) is 0 Å². The number of nitrogens with zero attached hydrogens (tertiary/aromatic N) is 1. The standard InChI is InChI=1S/C8H13NO3/c1-2-11-8(10)9-4-3-6-7(5-9)12-6/h6-7H,2-5H2,1H3/t6-,7+/m1/s1. The Balaban J connectivity index is 1.83. The lowest BCUT2D eigenvalue weighted by atomic mass is 10.1. The van der Waals surface area contributed by atoms with Crippen molar-refractivity contribution in [1.29, 1.82) is 0 Å². The summed E-state index contributed by atoms with van der Waals surface area (Å²) in [4.78, 5) is 12.9. The van der Waals surface area contributed by atoms with E-state index in [0.29, 0.717) is 25.4 Å². The second kappa shape index (κ2) is 2.94. The lowest BCUT2D eigenvalue weighted by Gasteiger charge is -2.23. The Morgan fingerprint density at radius 3 is 3.17 bits per heavy atom. The monoisotopic (exact) mass is 171 g/mol. The third kappa shape index (κ3) is 1.39. The van der Waals surface area contributed by atoms with Gasteiger partial charge in [0.05, 0.1) is 19.3 Å². The molecule has 4 nitrogen and oxygen atoms in total. The Morgan fingerprint density at radius 2 is 2.50 bits per heavy atom. The molecule has 0 aromatic heterocycles. The van der Waals surface area contributed by atoms with Crippen molar-refractivity contribution < 1.29 is 14.3 Å². The Bertz CT molecular complexity index is 195. The maximum atomic E-state index is 11.2. The fraction of sp³-hybridized carbons (Fsp3) is 0.875. The molecule has 2 heterocycles. The Kier molecular flexibility index (Phi) is 1.92. The summed E-state index contributed by atoms with van der Waals surface area (Å²) in [5, 5.41) is 0. The van der Waals surface area contributed by atoms with Crippen LogP contribution in [-0.4, -0.2) is 42.9 Å². The predicted molar refractivity (Wildman–Crippen MR) is 41.9 cm³/mol. The van der Waals surface area contributed by atoms with Crippen molar-refractivity contribution in [3.05, 3.63) is 0 Å². The molecular formula is C8H13NO3. The number of ether oxygens (including phenoxy) is 2. The van der Waals surface area contributed by atoms with Crippen molar-refractivity contribution in [2.45, 2.75) is 25.6 Å². The molecule has 0 radical (unpaired) electrons. The van der Waals surface area contributed by atoms with Crippen molar-refractivity contribution in [2.75, 3.05) is 19.7 Å². The number of piperidine rings is 1. The number of carbonyl (C=O) groups excluding carboxylic acids is 1. The van der Waals surface area contributed by atoms with Crippen LogP contribution < -0.4 is 0 Å². The lowest BCUT2D eigenvalue weighted by Crippen LogP contribution is -2.39. The number of amides is 1. The first kappa shape index (κ1) is 7.86. The lowest BCUT2D eigenvalue weighted by molar-refractivity contribution is 0.103. The quantitative estimate of drug-likeness (QED) is 0.543. The summed E-state index contributed by atoms with van der Waals surface area (Å²) in [6.07, 6.45) is 1.48. The zero-order chi connectivity index (χ0) is 8.55. The summed E-state index contributed by atoms with van der Waals surface area (Å²) < 4.78 is 10.2. The van der Waals surface area contributed by atoms with Crippen LogP contribution in [0.25, 0.3) is 0 Å². The van der Waals surface area contributed by atoms with E-state index in [2.05, 4.69) is 0 Å². The summed E-state index contributed by atoms with van der Waals surface area (Å²) in [7, 11) is 0. The van der Waals surface area contributed by atoms with Gasteiger partial charge in [-0.1, -0.05) is 0 Å². The molecular weight excluding hydrogens is 158 g/mol. The van der Waals surface area contributed by atoms with E-state index < -0.39 is 0 Å². The average Bonchev–Trinajstić information content (AvgIpc) is 2.81. The van der Waals surface area contributed by atoms with Crippen LogP contribution in [0.15, 0.2) is 0 Å². The highest BCUT2D eigenvalue weighted by Crippen LogP contribution is 2.30. The highest BCUT2D eigenvalue weighted by molar-refractivity contribution is 5.67. The molecule has 0 spiro atoms. The number of hydrogen-bond donors (Lipinski definition) is 0. The van der Waals surface area contributed by atoms with Crippen molar-refractivity contribution >= 4 is 6.09 Å². The van der Waals surface area contributed by atoms with Crippen LogP contribution in [0.4, 0.5) is 4.79 Å². The topological polar surface area (TPSA) is 42.1 Å². The number of fused-ring (bicyclic) bond motifs is 1. The molecule has 0 saturated carbocycles. The van der Waals surface area contributed by atoms with E-state index in [1.807, 2.05) is 6.92 Å². The van der Waals surface area contributed by atoms with Crippen LogP contribution in [0, 0.1) is 0 Å². The Hall–Kier alpha value is -0.770. The molecule has 2 fully saturated rings. The molecule has 1 amide bonds. The van der Waals surface area contributed by atoms with Crippen LogP contribution in [0.2, 0.25) is 0 Å². The molecule has 0 aromatic carbocycles. The fourth-order valence-corrected chi connectivity index (χ4v) is 1.57. The third-order valence-electron chi connectivity index (χ3n) is 2.30. The van der Waals surface area contributed by atoms with Gasteiger partial charge in [-0.3, -0.25) is 0 Å². The van der Waals surface area contributed by atoms with E-state index in [1.165, 1.54) is 0 Å². The normalized spacial score (nSPS) is 32.6. The SMILES string of the molecule is CCOC(=O)N1CC[C@H]2O[C@H]2C1. The van der Waals surface area contributed by atoms with Gasteiger partial charge in [-0.25, -0.2) is 4.79 Å². The van der Waals surface area contributed by atoms with Crippen LogP contribution in [0.5, 0.6) is 0 Å². The second-order valence-electron chi connectivity index (χ2n) is 3.15. The molecule has 2 aliphatic rings. The largest absolute Gasteiger partial charge is 0.450 e. The van der Waals surface area contributed by atoms with Crippen molar-refractivity contribution in [3.8, 4) is 0 Å². The molecule has 0 aromatic rings. The van der Waals surface area contributed by atoms with E-state index in [4.69, 9.17) is 9.47 Å². The van der Waals surface area contributed by atoms with E-state index in [9.17, 15) is 4.79 Å². The third-order valence-corrected chi connectivity index (χ3v) is 2.30. The van der Waals surface area contributed by atoms with Gasteiger partial charge in [0.1, 0.15) is 6.10 Å². The zero-order valence-electron chi connectivity index (χ0n) is 7.16. The Morgan fingerprint density at radius 1 is 1.67 bits per heavy atom. The van der Waals surface area contributed by atoms with E-state index in [1.54, 1.807) is 4.90 Å². The number of carbonyl (C=O) groups is 1. The number of rotatable bonds is 1. The molecule has 2 atom stereocenters. The molecule has 0 unspecified atom stereocenters. The number of hydrogen-bond acceptors (Lipinski definition) is 3. The van der Waals surface area contributed by atoms with Crippen LogP contribution >= 0.6 is 0 Å². The summed E-state index contributed by atoms with van der Waals surface area (Å²) in [6, 6.07) is 0. The number of likely N-dealkylation sites (tertiary alicyclic amines) is 1. The molecule has 2 rings (SSSR count). The smallest absolute Gasteiger partial charge is 0.409 e. The zero-order valence-corrected chi connectivity index (χ0v) is 7.16. The first-order valence-corrected chi connectivity index (χ1v) is 4.38. The van der Waals surface area contributed by atoms with Crippen LogP contribution in [0.1, 0.15) is 13.3 Å². The summed E-state index contributed by atoms with van der Waals surface area (Å²) >= 11 is 0. The van der Waals surface area contributed by atoms with Gasteiger partial charge in [0, 0.05) is 6.54 Å². The minimum absolute atomic E-state index is 0.202. The van der Waals surface area contributed by atoms with Crippen LogP contribution in [-0.2, 0) is 9.47 Å².